The molecule has 0 saturated carbocycles. The first-order valence-electron chi connectivity index (χ1n) is 5.78. The zero-order chi connectivity index (χ0) is 15.1. The highest BCUT2D eigenvalue weighted by atomic mass is 32.2. The van der Waals surface area contributed by atoms with E-state index in [1.54, 1.807) is 24.3 Å². The normalized spacial score (nSPS) is 20.8. The summed E-state index contributed by atoms with van der Waals surface area (Å²) >= 11 is 5.88. The predicted octanol–water partition coefficient (Wildman–Crippen LogP) is 0.136. The predicted molar refractivity (Wildman–Crippen MR) is 75.7 cm³/mol. The van der Waals surface area contributed by atoms with E-state index in [0.29, 0.717) is 11.1 Å². The van der Waals surface area contributed by atoms with Gasteiger partial charge in [0, 0.05) is 5.56 Å². The van der Waals surface area contributed by atoms with E-state index in [1.165, 1.54) is 0 Å². The van der Waals surface area contributed by atoms with Crippen LogP contribution in [-0.2, 0) is 14.3 Å². The Hall–Kier alpha value is -2.19. The molecule has 0 spiro atoms. The summed E-state index contributed by atoms with van der Waals surface area (Å²) in [5.74, 6) is -2.45. The lowest BCUT2D eigenvalue weighted by atomic mass is 10.1. The van der Waals surface area contributed by atoms with Gasteiger partial charge in [0.25, 0.3) is 5.91 Å². The molecular weight excluding hydrogens is 314 g/mol. The Morgan fingerprint density at radius 3 is 2.62 bits per heavy atom. The Morgan fingerprint density at radius 1 is 1.29 bits per heavy atom. The second-order valence-corrected chi connectivity index (χ2v) is 5.87. The molecule has 1 aromatic rings. The minimum atomic E-state index is -1.42. The number of aliphatic carboxylic acids is 1. The number of carboxylic acid groups (broad SMARTS) is 1. The third-order valence-corrected chi connectivity index (χ3v) is 4.36. The monoisotopic (exact) mass is 320 g/mol. The van der Waals surface area contributed by atoms with E-state index in [4.69, 9.17) is 17.0 Å². The average Bonchev–Trinajstić information content (AvgIpc) is 2.91. The maximum Gasteiger partial charge on any atom is 0.344 e. The minimum absolute atomic E-state index is 0.0899. The molecule has 21 heavy (non-hydrogen) atoms. The van der Waals surface area contributed by atoms with Crippen LogP contribution in [0, 0.1) is 0 Å². The largest absolute Gasteiger partial charge is 0.548 e. The first-order chi connectivity index (χ1) is 9.99. The smallest absolute Gasteiger partial charge is 0.344 e. The Bertz CT molecular complexity index is 740. The zero-order valence-electron chi connectivity index (χ0n) is 10.3. The molecule has 2 aliphatic heterocycles. The van der Waals surface area contributed by atoms with Crippen LogP contribution in [0.15, 0.2) is 29.2 Å². The van der Waals surface area contributed by atoms with Gasteiger partial charge in [-0.05, 0) is 6.07 Å². The van der Waals surface area contributed by atoms with Gasteiger partial charge in [0.1, 0.15) is 9.23 Å². The number of thiocarbonyl (C=S) groups is 1. The number of thioether (sulfide) groups is 1. The van der Waals surface area contributed by atoms with Gasteiger partial charge in [-0.2, -0.15) is 0 Å². The SMILES string of the molecule is O=C([O-])CN1C(=O)/C(=C2\OC(=O)c3ccccc32)SC1=S. The summed E-state index contributed by atoms with van der Waals surface area (Å²) in [5.41, 5.74) is 0.856. The molecule has 0 aromatic heterocycles. The topological polar surface area (TPSA) is 86.7 Å². The number of carboxylic acids is 1. The second kappa shape index (κ2) is 4.97. The first-order valence-corrected chi connectivity index (χ1v) is 7.01. The number of fused-ring (bicyclic) bond motifs is 1. The number of nitrogens with zero attached hydrogens (tertiary/aromatic N) is 1. The molecule has 0 unspecified atom stereocenters. The highest BCUT2D eigenvalue weighted by Gasteiger charge is 2.39. The van der Waals surface area contributed by atoms with Crippen molar-refractivity contribution in [1.29, 1.82) is 0 Å². The number of carbonyl (C=O) groups excluding carboxylic acids is 3. The maximum atomic E-state index is 12.2. The molecular formula is C13H6NO5S2-. The molecule has 1 aromatic carbocycles. The minimum Gasteiger partial charge on any atom is -0.548 e. The summed E-state index contributed by atoms with van der Waals surface area (Å²) in [6.45, 7) is -0.628. The van der Waals surface area contributed by atoms with Crippen LogP contribution in [0.2, 0.25) is 0 Å². The third-order valence-electron chi connectivity index (χ3n) is 2.93. The van der Waals surface area contributed by atoms with Crippen molar-refractivity contribution in [3.63, 3.8) is 0 Å². The van der Waals surface area contributed by atoms with Gasteiger partial charge in [-0.1, -0.05) is 42.2 Å². The molecule has 1 fully saturated rings. The summed E-state index contributed by atoms with van der Waals surface area (Å²) in [7, 11) is 0. The van der Waals surface area contributed by atoms with Gasteiger partial charge < -0.3 is 14.6 Å². The van der Waals surface area contributed by atoms with Gasteiger partial charge in [-0.25, -0.2) is 4.79 Å². The lowest BCUT2D eigenvalue weighted by Gasteiger charge is -2.14. The number of amides is 1. The Balaban J connectivity index is 2.06. The molecule has 8 heteroatoms. The van der Waals surface area contributed by atoms with Crippen molar-refractivity contribution < 1.29 is 24.2 Å². The van der Waals surface area contributed by atoms with Crippen molar-refractivity contribution in [1.82, 2.24) is 4.90 Å². The van der Waals surface area contributed by atoms with Crippen LogP contribution >= 0.6 is 24.0 Å². The first kappa shape index (κ1) is 13.8. The van der Waals surface area contributed by atoms with Crippen LogP contribution in [0.25, 0.3) is 5.76 Å². The molecule has 2 aliphatic rings. The number of ether oxygens (including phenoxy) is 1. The number of hydrogen-bond donors (Lipinski definition) is 0. The number of cyclic esters (lactones) is 1. The zero-order valence-corrected chi connectivity index (χ0v) is 12.0. The fraction of sp³-hybridized carbons (Fsp3) is 0.0769. The van der Waals surface area contributed by atoms with Crippen molar-refractivity contribution in [2.45, 2.75) is 0 Å². The molecule has 6 nitrogen and oxygen atoms in total. The van der Waals surface area contributed by atoms with E-state index in [0.717, 1.165) is 16.7 Å². The summed E-state index contributed by atoms with van der Waals surface area (Å²) in [5, 5.41) is 10.6. The molecule has 2 heterocycles. The lowest BCUT2D eigenvalue weighted by Crippen LogP contribution is -2.40. The van der Waals surface area contributed by atoms with Crippen LogP contribution in [0.3, 0.4) is 0 Å². The molecule has 0 radical (unpaired) electrons. The molecule has 106 valence electrons. The Labute approximate surface area is 128 Å². The number of carbonyl (C=O) groups is 3. The highest BCUT2D eigenvalue weighted by molar-refractivity contribution is 8.26. The van der Waals surface area contributed by atoms with Crippen LogP contribution in [0.5, 0.6) is 0 Å². The van der Waals surface area contributed by atoms with Crippen molar-refractivity contribution in [3.8, 4) is 0 Å². The number of rotatable bonds is 2. The van der Waals surface area contributed by atoms with Gasteiger partial charge in [0.15, 0.2) is 5.76 Å². The van der Waals surface area contributed by atoms with Gasteiger partial charge in [0.2, 0.25) is 0 Å². The quantitative estimate of drug-likeness (QED) is 0.435. The van der Waals surface area contributed by atoms with Crippen LogP contribution in [0.4, 0.5) is 0 Å². The molecule has 1 saturated heterocycles. The van der Waals surface area contributed by atoms with Crippen molar-refractivity contribution in [2.75, 3.05) is 6.54 Å². The highest BCUT2D eigenvalue weighted by Crippen LogP contribution is 2.41. The number of benzene rings is 1. The van der Waals surface area contributed by atoms with E-state index < -0.39 is 24.4 Å². The van der Waals surface area contributed by atoms with E-state index in [-0.39, 0.29) is 15.0 Å². The van der Waals surface area contributed by atoms with Crippen LogP contribution < -0.4 is 5.11 Å². The van der Waals surface area contributed by atoms with E-state index >= 15 is 0 Å². The molecule has 0 aliphatic carbocycles. The van der Waals surface area contributed by atoms with Crippen molar-refractivity contribution >= 4 is 51.9 Å². The van der Waals surface area contributed by atoms with Crippen LogP contribution in [-0.4, -0.2) is 33.6 Å². The fourth-order valence-corrected chi connectivity index (χ4v) is 3.30. The number of esters is 1. The van der Waals surface area contributed by atoms with Gasteiger partial charge in [0.05, 0.1) is 18.1 Å². The molecule has 3 rings (SSSR count). The molecule has 0 bridgehead atoms. The van der Waals surface area contributed by atoms with E-state index in [2.05, 4.69) is 0 Å². The second-order valence-electron chi connectivity index (χ2n) is 4.22. The number of hydrogen-bond acceptors (Lipinski definition) is 7. The van der Waals surface area contributed by atoms with Crippen molar-refractivity contribution in [3.05, 3.63) is 40.3 Å². The summed E-state index contributed by atoms with van der Waals surface area (Å²) in [4.78, 5) is 35.7. The van der Waals surface area contributed by atoms with Gasteiger partial charge in [-0.15, -0.1) is 0 Å². The van der Waals surface area contributed by atoms with E-state index in [1.807, 2.05) is 0 Å². The Kier molecular flexibility index (Phi) is 3.26. The summed E-state index contributed by atoms with van der Waals surface area (Å²) in [6.07, 6.45) is 0. The molecule has 0 atom stereocenters. The molecule has 0 N–H and O–H groups in total. The summed E-state index contributed by atoms with van der Waals surface area (Å²) < 4.78 is 5.23. The third kappa shape index (κ3) is 2.22. The van der Waals surface area contributed by atoms with Gasteiger partial charge >= 0.3 is 5.97 Å². The lowest BCUT2D eigenvalue weighted by molar-refractivity contribution is -0.305. The van der Waals surface area contributed by atoms with Crippen LogP contribution in [0.1, 0.15) is 15.9 Å². The maximum absolute atomic E-state index is 12.2. The standard InChI is InChI=1S/C13H7NO5S2/c15-8(16)5-14-11(17)10(21-13(14)20)9-6-3-1-2-4-7(6)12(18)19-9/h1-4H,5H2,(H,15,16)/p-1/b10-9+. The average molecular weight is 320 g/mol. The van der Waals surface area contributed by atoms with E-state index in [9.17, 15) is 19.5 Å². The fourth-order valence-electron chi connectivity index (χ4n) is 2.03. The summed E-state index contributed by atoms with van der Waals surface area (Å²) in [6, 6.07) is 6.64. The van der Waals surface area contributed by atoms with Gasteiger partial charge in [-0.3, -0.25) is 9.69 Å². The van der Waals surface area contributed by atoms with Crippen molar-refractivity contribution in [2.24, 2.45) is 0 Å². The molecule has 1 amide bonds. The Morgan fingerprint density at radius 2 is 1.95 bits per heavy atom.